The standard InChI is InChI=1S/C41H45N9O7/c1-23(2)57-33-17-28-24(15-31(33)44-36(52)30-18-43-49-12-4-11-42-35(30)49)19-48(38(28)54)25-9-13-46(14-10-25)20-41(3)21-47(22-41)26-5-6-27-29(16-26)40(56)50(39(27)55)32-7-8-34(51)45-37(32)53/h4-6,11-12,15-18,23,25,32,34,51H,7-10,13-14,19-22H2,1-3H3,(H,44,52)(H,45,53). The summed E-state index contributed by atoms with van der Waals surface area (Å²) in [7, 11) is 0. The Hall–Kier alpha value is -5.87. The van der Waals surface area contributed by atoms with E-state index < -0.39 is 30.0 Å². The number of carbonyl (C=O) groups is 5. The number of ether oxygens (including phenoxy) is 1. The number of likely N-dealkylation sites (tertiary alicyclic amines) is 1. The van der Waals surface area contributed by atoms with Gasteiger partial charge in [-0.05, 0) is 81.5 Å². The van der Waals surface area contributed by atoms with E-state index in [0.29, 0.717) is 45.9 Å². The van der Waals surface area contributed by atoms with E-state index in [1.165, 1.54) is 6.20 Å². The zero-order chi connectivity index (χ0) is 39.7. The molecule has 3 fully saturated rings. The fraction of sp³-hybridized carbons (Fsp3) is 0.439. The molecule has 0 saturated carbocycles. The highest BCUT2D eigenvalue weighted by atomic mass is 16.5. The smallest absolute Gasteiger partial charge is 0.262 e. The number of amides is 5. The minimum absolute atomic E-state index is 0.0194. The lowest BCUT2D eigenvalue weighted by Gasteiger charge is -2.52. The lowest BCUT2D eigenvalue weighted by molar-refractivity contribution is -0.131. The van der Waals surface area contributed by atoms with Gasteiger partial charge in [0.05, 0.1) is 29.1 Å². The first kappa shape index (κ1) is 36.7. The van der Waals surface area contributed by atoms with Crippen LogP contribution in [0.15, 0.2) is 55.0 Å². The van der Waals surface area contributed by atoms with Crippen molar-refractivity contribution in [2.45, 2.75) is 77.4 Å². The summed E-state index contributed by atoms with van der Waals surface area (Å²) in [4.78, 5) is 78.3. The van der Waals surface area contributed by atoms with Crippen molar-refractivity contribution in [3.63, 3.8) is 0 Å². The Balaban J connectivity index is 0.808. The number of hydrogen-bond donors (Lipinski definition) is 3. The van der Waals surface area contributed by atoms with E-state index in [0.717, 1.165) is 61.7 Å². The molecule has 0 radical (unpaired) electrons. The minimum Gasteiger partial charge on any atom is -0.489 e. The molecule has 5 aliphatic rings. The largest absolute Gasteiger partial charge is 0.489 e. The number of aliphatic hydroxyl groups excluding tert-OH is 1. The molecule has 0 bridgehead atoms. The summed E-state index contributed by atoms with van der Waals surface area (Å²) in [5.74, 6) is -1.44. The zero-order valence-corrected chi connectivity index (χ0v) is 32.1. The van der Waals surface area contributed by atoms with Crippen molar-refractivity contribution in [3.8, 4) is 5.75 Å². The average molecular weight is 776 g/mol. The maximum Gasteiger partial charge on any atom is 0.262 e. The van der Waals surface area contributed by atoms with Crippen LogP contribution in [-0.2, 0) is 11.3 Å². The van der Waals surface area contributed by atoms with Gasteiger partial charge in [0.15, 0.2) is 5.65 Å². The number of carbonyl (C=O) groups excluding carboxylic acids is 5. The van der Waals surface area contributed by atoms with Gasteiger partial charge in [-0.15, -0.1) is 0 Å². The Bertz CT molecular complexity index is 2330. The Morgan fingerprint density at radius 1 is 1.00 bits per heavy atom. The SMILES string of the molecule is CC(C)Oc1cc2c(cc1NC(=O)c1cnn3cccnc13)CN(C1CCN(CC3(C)CN(c4ccc5c(c4)C(=O)N(C4CCC(O)NC4=O)C5=O)C3)CC1)C2=O. The van der Waals surface area contributed by atoms with Gasteiger partial charge in [-0.3, -0.25) is 28.9 Å². The van der Waals surface area contributed by atoms with Gasteiger partial charge in [-0.1, -0.05) is 6.92 Å². The van der Waals surface area contributed by atoms with Crippen LogP contribution in [0.3, 0.4) is 0 Å². The molecule has 5 amide bonds. The van der Waals surface area contributed by atoms with E-state index in [4.69, 9.17) is 4.74 Å². The molecule has 16 nitrogen and oxygen atoms in total. The van der Waals surface area contributed by atoms with Crippen LogP contribution in [0.2, 0.25) is 0 Å². The van der Waals surface area contributed by atoms with Crippen molar-refractivity contribution < 1.29 is 33.8 Å². The highest BCUT2D eigenvalue weighted by Gasteiger charge is 2.46. The van der Waals surface area contributed by atoms with Crippen LogP contribution in [0.5, 0.6) is 5.75 Å². The van der Waals surface area contributed by atoms with Crippen molar-refractivity contribution in [2.75, 3.05) is 42.9 Å². The lowest BCUT2D eigenvalue weighted by Crippen LogP contribution is -2.60. The maximum absolute atomic E-state index is 13.8. The van der Waals surface area contributed by atoms with E-state index in [9.17, 15) is 29.1 Å². The number of imide groups is 1. The second kappa shape index (κ2) is 14.0. The fourth-order valence-electron chi connectivity index (χ4n) is 9.13. The first-order valence-corrected chi connectivity index (χ1v) is 19.6. The molecule has 7 heterocycles. The van der Waals surface area contributed by atoms with Crippen molar-refractivity contribution in [3.05, 3.63) is 82.8 Å². The molecule has 2 aromatic heterocycles. The van der Waals surface area contributed by atoms with E-state index in [2.05, 4.69) is 37.4 Å². The molecule has 3 saturated heterocycles. The molecule has 2 atom stereocenters. The molecular weight excluding hydrogens is 731 g/mol. The maximum atomic E-state index is 13.8. The number of piperidine rings is 2. The quantitative estimate of drug-likeness (QED) is 0.213. The summed E-state index contributed by atoms with van der Waals surface area (Å²) in [6.07, 6.45) is 5.85. The molecule has 2 aromatic carbocycles. The molecular formula is C41H45N9O7. The van der Waals surface area contributed by atoms with Crippen LogP contribution in [0.25, 0.3) is 5.65 Å². The van der Waals surface area contributed by atoms with Crippen LogP contribution in [0, 0.1) is 5.41 Å². The van der Waals surface area contributed by atoms with Gasteiger partial charge < -0.3 is 35.2 Å². The lowest BCUT2D eigenvalue weighted by atomic mass is 9.80. The molecule has 57 heavy (non-hydrogen) atoms. The van der Waals surface area contributed by atoms with Gasteiger partial charge in [0.25, 0.3) is 23.6 Å². The number of fused-ring (bicyclic) bond motifs is 3. The third-order valence-corrected chi connectivity index (χ3v) is 11.8. The van der Waals surface area contributed by atoms with Crippen LogP contribution in [0.1, 0.15) is 93.4 Å². The van der Waals surface area contributed by atoms with Gasteiger partial charge in [-0.25, -0.2) is 9.50 Å². The van der Waals surface area contributed by atoms with Gasteiger partial charge in [0, 0.05) is 74.4 Å². The summed E-state index contributed by atoms with van der Waals surface area (Å²) >= 11 is 0. The van der Waals surface area contributed by atoms with E-state index in [-0.39, 0.29) is 42.2 Å². The van der Waals surface area contributed by atoms with Crippen molar-refractivity contribution >= 4 is 46.6 Å². The number of benzene rings is 2. The van der Waals surface area contributed by atoms with Gasteiger partial charge in [-0.2, -0.15) is 5.10 Å². The monoisotopic (exact) mass is 775 g/mol. The van der Waals surface area contributed by atoms with Gasteiger partial charge in [0.2, 0.25) is 5.91 Å². The molecule has 296 valence electrons. The Kier molecular flexibility index (Phi) is 8.99. The molecule has 0 spiro atoms. The summed E-state index contributed by atoms with van der Waals surface area (Å²) in [6, 6.07) is 9.80. The second-order valence-electron chi connectivity index (χ2n) is 16.5. The Labute approximate surface area is 328 Å². The third kappa shape index (κ3) is 6.55. The molecule has 16 heteroatoms. The number of aromatic nitrogens is 3. The van der Waals surface area contributed by atoms with E-state index >= 15 is 0 Å². The molecule has 5 aliphatic heterocycles. The number of nitrogens with one attached hydrogen (secondary N) is 2. The molecule has 3 N–H and O–H groups in total. The third-order valence-electron chi connectivity index (χ3n) is 11.8. The van der Waals surface area contributed by atoms with Crippen LogP contribution >= 0.6 is 0 Å². The Morgan fingerprint density at radius 3 is 2.53 bits per heavy atom. The Morgan fingerprint density at radius 2 is 1.77 bits per heavy atom. The summed E-state index contributed by atoms with van der Waals surface area (Å²) < 4.78 is 7.64. The summed E-state index contributed by atoms with van der Waals surface area (Å²) in [6.45, 7) is 10.7. The minimum atomic E-state index is -0.971. The first-order chi connectivity index (χ1) is 27.4. The second-order valence-corrected chi connectivity index (χ2v) is 16.5. The average Bonchev–Trinajstić information content (AvgIpc) is 3.82. The van der Waals surface area contributed by atoms with Crippen molar-refractivity contribution in [1.82, 2.24) is 34.6 Å². The molecule has 0 aliphatic carbocycles. The highest BCUT2D eigenvalue weighted by Crippen LogP contribution is 2.40. The van der Waals surface area contributed by atoms with Crippen LogP contribution in [0.4, 0.5) is 11.4 Å². The molecule has 9 rings (SSSR count). The highest BCUT2D eigenvalue weighted by molar-refractivity contribution is 6.23. The first-order valence-electron chi connectivity index (χ1n) is 19.6. The number of hydrogen-bond acceptors (Lipinski definition) is 11. The zero-order valence-electron chi connectivity index (χ0n) is 32.1. The summed E-state index contributed by atoms with van der Waals surface area (Å²) in [5.41, 5.74) is 4.18. The normalized spacial score (nSPS) is 22.2. The fourth-order valence-corrected chi connectivity index (χ4v) is 9.13. The number of aliphatic hydroxyl groups is 1. The van der Waals surface area contributed by atoms with Crippen LogP contribution in [-0.4, -0.2) is 121 Å². The van der Waals surface area contributed by atoms with Crippen LogP contribution < -0.4 is 20.3 Å². The van der Waals surface area contributed by atoms with Crippen molar-refractivity contribution in [1.29, 1.82) is 0 Å². The topological polar surface area (TPSA) is 182 Å². The van der Waals surface area contributed by atoms with Gasteiger partial charge >= 0.3 is 0 Å². The predicted octanol–water partition coefficient (Wildman–Crippen LogP) is 2.91. The van der Waals surface area contributed by atoms with E-state index in [1.54, 1.807) is 41.2 Å². The molecule has 2 unspecified atom stereocenters. The summed E-state index contributed by atoms with van der Waals surface area (Å²) in [5, 5.41) is 19.4. The van der Waals surface area contributed by atoms with E-state index in [1.807, 2.05) is 30.9 Å². The number of nitrogens with zero attached hydrogens (tertiary/aromatic N) is 7. The number of anilines is 2. The predicted molar refractivity (Wildman–Crippen MR) is 207 cm³/mol. The number of rotatable bonds is 9. The molecule has 4 aromatic rings. The van der Waals surface area contributed by atoms with Gasteiger partial charge in [0.1, 0.15) is 23.6 Å². The van der Waals surface area contributed by atoms with Crippen molar-refractivity contribution in [2.24, 2.45) is 5.41 Å².